The van der Waals surface area contributed by atoms with Crippen molar-refractivity contribution >= 4 is 29.6 Å². The summed E-state index contributed by atoms with van der Waals surface area (Å²) < 4.78 is 15.9. The molecule has 166 valence electrons. The molecule has 2 rings (SSSR count). The quantitative estimate of drug-likeness (QED) is 0.454. The second-order valence-electron chi connectivity index (χ2n) is 6.89. The molecule has 0 aliphatic carbocycles. The molecule has 8 nitrogen and oxygen atoms in total. The molecule has 9 heteroatoms. The molecule has 0 radical (unpaired) electrons. The van der Waals surface area contributed by atoms with Crippen molar-refractivity contribution in [3.05, 3.63) is 52.5 Å². The van der Waals surface area contributed by atoms with Crippen LogP contribution in [-0.4, -0.2) is 45.4 Å². The first-order valence-corrected chi connectivity index (χ1v) is 9.87. The van der Waals surface area contributed by atoms with Gasteiger partial charge >= 0.3 is 0 Å². The van der Waals surface area contributed by atoms with Crippen molar-refractivity contribution < 1.29 is 23.8 Å². The number of amides is 2. The van der Waals surface area contributed by atoms with Gasteiger partial charge in [-0.15, -0.1) is 0 Å². The molecule has 2 aromatic carbocycles. The van der Waals surface area contributed by atoms with Crippen molar-refractivity contribution in [1.29, 1.82) is 0 Å². The maximum Gasteiger partial charge on any atom is 0.262 e. The van der Waals surface area contributed by atoms with E-state index in [1.54, 1.807) is 36.4 Å². The molecule has 0 heterocycles. The van der Waals surface area contributed by atoms with Gasteiger partial charge in [0, 0.05) is 16.1 Å². The van der Waals surface area contributed by atoms with E-state index in [1.807, 2.05) is 13.8 Å². The number of nitrogens with one attached hydrogen (secondary N) is 2. The Morgan fingerprint density at radius 2 is 1.58 bits per heavy atom. The number of rotatable bonds is 9. The zero-order chi connectivity index (χ0) is 23.0. The molecule has 0 spiro atoms. The first-order valence-electron chi connectivity index (χ1n) is 9.50. The molecule has 0 aliphatic rings. The maximum atomic E-state index is 12.6. The first-order chi connectivity index (χ1) is 14.8. The van der Waals surface area contributed by atoms with E-state index >= 15 is 0 Å². The van der Waals surface area contributed by atoms with Crippen molar-refractivity contribution in [2.24, 2.45) is 11.0 Å². The number of ether oxygens (including phenoxy) is 3. The number of carbonyl (C=O) groups is 2. The van der Waals surface area contributed by atoms with Crippen molar-refractivity contribution in [1.82, 2.24) is 10.7 Å². The zero-order valence-corrected chi connectivity index (χ0v) is 18.8. The predicted octanol–water partition coefficient (Wildman–Crippen LogP) is 3.27. The van der Waals surface area contributed by atoms with Crippen LogP contribution in [0.4, 0.5) is 0 Å². The lowest BCUT2D eigenvalue weighted by Gasteiger charge is -2.20. The minimum atomic E-state index is -0.778. The molecule has 0 fully saturated rings. The molecule has 1 unspecified atom stereocenters. The molecule has 0 aliphatic heterocycles. The molecule has 1 atom stereocenters. The van der Waals surface area contributed by atoms with E-state index in [1.165, 1.54) is 27.5 Å². The van der Waals surface area contributed by atoms with Gasteiger partial charge in [0.2, 0.25) is 5.75 Å². The van der Waals surface area contributed by atoms with Gasteiger partial charge in [-0.2, -0.15) is 5.10 Å². The molecule has 2 aromatic rings. The third-order valence-corrected chi connectivity index (χ3v) is 4.67. The average Bonchev–Trinajstić information content (AvgIpc) is 2.76. The zero-order valence-electron chi connectivity index (χ0n) is 18.1. The van der Waals surface area contributed by atoms with E-state index in [0.717, 1.165) is 0 Å². The van der Waals surface area contributed by atoms with Crippen LogP contribution in [0.1, 0.15) is 29.8 Å². The summed E-state index contributed by atoms with van der Waals surface area (Å²) in [5, 5.41) is 7.25. The van der Waals surface area contributed by atoms with Crippen LogP contribution >= 0.6 is 11.6 Å². The van der Waals surface area contributed by atoms with Gasteiger partial charge in [-0.25, -0.2) is 5.43 Å². The summed E-state index contributed by atoms with van der Waals surface area (Å²) in [6.45, 7) is 3.66. The molecule has 0 bridgehead atoms. The lowest BCUT2D eigenvalue weighted by molar-refractivity contribution is -0.123. The molecule has 2 N–H and O–H groups in total. The number of hydrogen-bond donors (Lipinski definition) is 2. The average molecular weight is 448 g/mol. The van der Waals surface area contributed by atoms with E-state index < -0.39 is 11.9 Å². The molecule has 31 heavy (non-hydrogen) atoms. The minimum absolute atomic E-state index is 0.160. The highest BCUT2D eigenvalue weighted by atomic mass is 35.5. The molecule has 0 saturated carbocycles. The predicted molar refractivity (Wildman–Crippen MR) is 119 cm³/mol. The van der Waals surface area contributed by atoms with Gasteiger partial charge in [-0.3, -0.25) is 9.59 Å². The van der Waals surface area contributed by atoms with E-state index in [4.69, 9.17) is 25.8 Å². The van der Waals surface area contributed by atoms with E-state index in [0.29, 0.717) is 33.4 Å². The number of carbonyl (C=O) groups excluding carboxylic acids is 2. The summed E-state index contributed by atoms with van der Waals surface area (Å²) >= 11 is 5.85. The van der Waals surface area contributed by atoms with E-state index in [2.05, 4.69) is 15.8 Å². The number of hydrazone groups is 1. The Balaban J connectivity index is 2.10. The third kappa shape index (κ3) is 6.36. The molecular formula is C22H26ClN3O5. The van der Waals surface area contributed by atoms with Gasteiger partial charge in [0.05, 0.1) is 27.5 Å². The number of hydrogen-bond acceptors (Lipinski definition) is 6. The van der Waals surface area contributed by atoms with Gasteiger partial charge in [-0.1, -0.05) is 25.4 Å². The highest BCUT2D eigenvalue weighted by molar-refractivity contribution is 6.30. The van der Waals surface area contributed by atoms with Crippen LogP contribution in [-0.2, 0) is 4.79 Å². The Labute approximate surface area is 186 Å². The SMILES string of the molecule is COc1cc(/C=N\NC(=O)C(NC(=O)c2ccc(Cl)cc2)C(C)C)cc(OC)c1OC. The Hall–Kier alpha value is -3.26. The van der Waals surface area contributed by atoms with Gasteiger partial charge in [0.1, 0.15) is 6.04 Å². The standard InChI is InChI=1S/C22H26ClN3O5/c1-13(2)19(25-21(27)15-6-8-16(23)9-7-15)22(28)26-24-12-14-10-17(29-3)20(31-5)18(11-14)30-4/h6-13,19H,1-5H3,(H,25,27)(H,26,28)/b24-12-. The molecule has 0 saturated heterocycles. The van der Waals surface area contributed by atoms with Crippen LogP contribution in [0.3, 0.4) is 0 Å². The highest BCUT2D eigenvalue weighted by Gasteiger charge is 2.24. The second kappa shape index (κ2) is 11.2. The lowest BCUT2D eigenvalue weighted by Crippen LogP contribution is -2.48. The normalized spacial score (nSPS) is 11.8. The van der Waals surface area contributed by atoms with E-state index in [-0.39, 0.29) is 11.8 Å². The Morgan fingerprint density at radius 1 is 1.00 bits per heavy atom. The van der Waals surface area contributed by atoms with Crippen LogP contribution < -0.4 is 25.0 Å². The van der Waals surface area contributed by atoms with Crippen LogP contribution in [0.2, 0.25) is 5.02 Å². The summed E-state index contributed by atoms with van der Waals surface area (Å²) in [6, 6.07) is 9.02. The summed E-state index contributed by atoms with van der Waals surface area (Å²) in [6.07, 6.45) is 1.45. The fourth-order valence-corrected chi connectivity index (χ4v) is 2.90. The van der Waals surface area contributed by atoms with Crippen molar-refractivity contribution in [2.45, 2.75) is 19.9 Å². The summed E-state index contributed by atoms with van der Waals surface area (Å²) in [5.41, 5.74) is 3.50. The number of methoxy groups -OCH3 is 3. The van der Waals surface area contributed by atoms with Gasteiger partial charge in [-0.05, 0) is 42.3 Å². The Kier molecular flexibility index (Phi) is 8.69. The molecule has 2 amide bonds. The highest BCUT2D eigenvalue weighted by Crippen LogP contribution is 2.37. The monoisotopic (exact) mass is 447 g/mol. The van der Waals surface area contributed by atoms with Crippen LogP contribution in [0, 0.1) is 5.92 Å². The smallest absolute Gasteiger partial charge is 0.262 e. The number of nitrogens with zero attached hydrogens (tertiary/aromatic N) is 1. The summed E-state index contributed by atoms with van der Waals surface area (Å²) in [7, 11) is 4.53. The summed E-state index contributed by atoms with van der Waals surface area (Å²) in [4.78, 5) is 25.1. The topological polar surface area (TPSA) is 98.2 Å². The fourth-order valence-electron chi connectivity index (χ4n) is 2.78. The van der Waals surface area contributed by atoms with Gasteiger partial charge in [0.25, 0.3) is 11.8 Å². The second-order valence-corrected chi connectivity index (χ2v) is 7.33. The van der Waals surface area contributed by atoms with Crippen LogP contribution in [0.5, 0.6) is 17.2 Å². The van der Waals surface area contributed by atoms with Crippen LogP contribution in [0.25, 0.3) is 0 Å². The maximum absolute atomic E-state index is 12.6. The molecule has 0 aromatic heterocycles. The van der Waals surface area contributed by atoms with Crippen molar-refractivity contribution in [3.63, 3.8) is 0 Å². The fraction of sp³-hybridized carbons (Fsp3) is 0.318. The van der Waals surface area contributed by atoms with Gasteiger partial charge in [0.15, 0.2) is 11.5 Å². The van der Waals surface area contributed by atoms with E-state index in [9.17, 15) is 9.59 Å². The molecular weight excluding hydrogens is 422 g/mol. The largest absolute Gasteiger partial charge is 0.493 e. The van der Waals surface area contributed by atoms with Crippen molar-refractivity contribution in [2.75, 3.05) is 21.3 Å². The summed E-state index contributed by atoms with van der Waals surface area (Å²) in [5.74, 6) is 0.401. The van der Waals surface area contributed by atoms with Crippen LogP contribution in [0.15, 0.2) is 41.5 Å². The number of benzene rings is 2. The lowest BCUT2D eigenvalue weighted by atomic mass is 10.0. The Morgan fingerprint density at radius 3 is 2.06 bits per heavy atom. The van der Waals surface area contributed by atoms with Crippen molar-refractivity contribution in [3.8, 4) is 17.2 Å². The van der Waals surface area contributed by atoms with Gasteiger partial charge < -0.3 is 19.5 Å². The third-order valence-electron chi connectivity index (χ3n) is 4.42. The minimum Gasteiger partial charge on any atom is -0.493 e. The Bertz CT molecular complexity index is 920. The number of halogens is 1. The first kappa shape index (κ1) is 24.0.